The molecule has 4 atom stereocenters. The predicted molar refractivity (Wildman–Crippen MR) is 125 cm³/mol. The van der Waals surface area contributed by atoms with Crippen LogP contribution in [0.3, 0.4) is 0 Å². The van der Waals surface area contributed by atoms with Crippen molar-refractivity contribution in [2.24, 2.45) is 22.7 Å². The molecule has 0 unspecified atom stereocenters. The maximum Gasteiger partial charge on any atom is 0.0547 e. The van der Waals surface area contributed by atoms with Crippen LogP contribution in [0.25, 0.3) is 0 Å². The Labute approximate surface area is 187 Å². The molecule has 164 valence electrons. The fraction of sp³-hybridized carbons (Fsp3) is 0.643. The second-order valence-corrected chi connectivity index (χ2v) is 12.0. The van der Waals surface area contributed by atoms with Gasteiger partial charge in [0.05, 0.1) is 11.4 Å². The second-order valence-electron chi connectivity index (χ2n) is 12.0. The molecule has 2 saturated carbocycles. The Morgan fingerprint density at radius 3 is 1.61 bits per heavy atom. The van der Waals surface area contributed by atoms with Gasteiger partial charge in [0.25, 0.3) is 0 Å². The minimum atomic E-state index is 0.472. The van der Waals surface area contributed by atoms with Gasteiger partial charge < -0.3 is 0 Å². The molecule has 0 N–H and O–H groups in total. The molecule has 0 aliphatic heterocycles. The average molecular weight is 416 g/mol. The summed E-state index contributed by atoms with van der Waals surface area (Å²) in [6.45, 7) is 14.9. The topological polar surface area (TPSA) is 29.0 Å². The number of rotatable bonds is 5. The summed E-state index contributed by atoms with van der Waals surface area (Å²) in [4.78, 5) is 12.7. The Morgan fingerprint density at radius 2 is 1.23 bits per heavy atom. The van der Waals surface area contributed by atoms with Crippen LogP contribution in [0, 0.1) is 22.7 Å². The van der Waals surface area contributed by atoms with Crippen LogP contribution in [0.5, 0.6) is 0 Å². The van der Waals surface area contributed by atoms with Gasteiger partial charge in [-0.3, -0.25) is 14.9 Å². The van der Waals surface area contributed by atoms with Crippen LogP contribution in [0.2, 0.25) is 0 Å². The van der Waals surface area contributed by atoms with E-state index < -0.39 is 0 Å². The summed E-state index contributed by atoms with van der Waals surface area (Å²) in [5, 5.41) is 0. The van der Waals surface area contributed by atoms with Gasteiger partial charge in [0, 0.05) is 24.5 Å². The molecule has 0 spiro atoms. The largest absolute Gasteiger partial charge is 0.292 e. The Bertz CT molecular complexity index is 955. The molecule has 6 aliphatic rings. The van der Waals surface area contributed by atoms with Crippen molar-refractivity contribution < 1.29 is 0 Å². The van der Waals surface area contributed by atoms with Crippen molar-refractivity contribution in [3.63, 3.8) is 0 Å². The van der Waals surface area contributed by atoms with Crippen LogP contribution in [-0.4, -0.2) is 21.4 Å². The van der Waals surface area contributed by atoms with Crippen molar-refractivity contribution in [2.45, 2.75) is 85.2 Å². The van der Waals surface area contributed by atoms with E-state index in [9.17, 15) is 0 Å². The molecule has 8 rings (SSSR count). The molecule has 31 heavy (non-hydrogen) atoms. The number of aromatic nitrogens is 2. The zero-order valence-electron chi connectivity index (χ0n) is 19.9. The molecule has 0 radical (unpaired) electrons. The third-order valence-electron chi connectivity index (χ3n) is 9.92. The lowest BCUT2D eigenvalue weighted by atomic mass is 9.48. The van der Waals surface area contributed by atoms with Crippen LogP contribution in [0.1, 0.15) is 93.2 Å². The first-order valence-corrected chi connectivity index (χ1v) is 12.5. The molecule has 3 heteroatoms. The highest BCUT2D eigenvalue weighted by Crippen LogP contribution is 2.62. The van der Waals surface area contributed by atoms with Crippen LogP contribution >= 0.6 is 0 Å². The van der Waals surface area contributed by atoms with Crippen molar-refractivity contribution >= 4 is 0 Å². The molecule has 2 heterocycles. The predicted octanol–water partition coefficient (Wildman–Crippen LogP) is 5.87. The lowest BCUT2D eigenvalue weighted by molar-refractivity contribution is 0.0167. The van der Waals surface area contributed by atoms with E-state index in [1.165, 1.54) is 59.6 Å². The second kappa shape index (κ2) is 6.63. The molecular weight excluding hydrogens is 378 g/mol. The third-order valence-corrected chi connectivity index (χ3v) is 9.92. The van der Waals surface area contributed by atoms with E-state index in [1.54, 1.807) is 0 Å². The van der Waals surface area contributed by atoms with Gasteiger partial charge in [-0.05, 0) is 90.0 Å². The van der Waals surface area contributed by atoms with Gasteiger partial charge in [-0.15, -0.1) is 0 Å². The first-order valence-electron chi connectivity index (χ1n) is 12.5. The summed E-state index contributed by atoms with van der Waals surface area (Å²) in [7, 11) is 0. The summed E-state index contributed by atoms with van der Waals surface area (Å²) in [5.74, 6) is 3.10. The Hall–Kier alpha value is -1.74. The molecule has 2 aromatic rings. The van der Waals surface area contributed by atoms with Crippen molar-refractivity contribution in [2.75, 3.05) is 6.54 Å². The van der Waals surface area contributed by atoms with Gasteiger partial charge in [0.2, 0.25) is 0 Å². The van der Waals surface area contributed by atoms with Crippen LogP contribution in [0.15, 0.2) is 24.3 Å². The summed E-state index contributed by atoms with van der Waals surface area (Å²) >= 11 is 0. The van der Waals surface area contributed by atoms with Gasteiger partial charge in [-0.2, -0.15) is 0 Å². The van der Waals surface area contributed by atoms with Gasteiger partial charge in [-0.1, -0.05) is 46.8 Å². The van der Waals surface area contributed by atoms with Crippen LogP contribution in [0.4, 0.5) is 0 Å². The molecular formula is C28H37N3. The summed E-state index contributed by atoms with van der Waals surface area (Å²) in [6.07, 6.45) is 5.07. The van der Waals surface area contributed by atoms with Gasteiger partial charge in [-0.25, -0.2) is 0 Å². The summed E-state index contributed by atoms with van der Waals surface area (Å²) < 4.78 is 0. The fourth-order valence-corrected chi connectivity index (χ4v) is 7.24. The standard InChI is InChI=1S/C28H37N3/c1-6-31(15-19-7-9-21-23-11-17(27(23,2)3)13-25(21)29-19)16-20-8-10-22-24-12-18(28(24,4)5)14-26(22)30-20/h7-10,17-18,23-24H,6,11-16H2,1-5H3/t17-,18-,23+,24+/m1/s1. The molecule has 4 bridgehead atoms. The van der Waals surface area contributed by atoms with Crippen molar-refractivity contribution in [1.82, 2.24) is 14.9 Å². The van der Waals surface area contributed by atoms with Gasteiger partial charge in [0.1, 0.15) is 0 Å². The summed E-state index contributed by atoms with van der Waals surface area (Å²) in [6, 6.07) is 9.34. The third kappa shape index (κ3) is 2.88. The lowest BCUT2D eigenvalue weighted by Gasteiger charge is -2.56. The molecule has 6 aliphatic carbocycles. The zero-order valence-corrected chi connectivity index (χ0v) is 19.9. The van der Waals surface area contributed by atoms with Crippen LogP contribution < -0.4 is 0 Å². The normalized spacial score (nSPS) is 30.8. The van der Waals surface area contributed by atoms with E-state index >= 15 is 0 Å². The fourth-order valence-electron chi connectivity index (χ4n) is 7.24. The average Bonchev–Trinajstić information content (AvgIpc) is 2.77. The Balaban J connectivity index is 1.17. The molecule has 2 aromatic heterocycles. The van der Waals surface area contributed by atoms with Crippen LogP contribution in [-0.2, 0) is 25.9 Å². The lowest BCUT2D eigenvalue weighted by Crippen LogP contribution is -2.48. The number of hydrogen-bond donors (Lipinski definition) is 0. The molecule has 3 nitrogen and oxygen atoms in total. The van der Waals surface area contributed by atoms with E-state index in [0.29, 0.717) is 10.8 Å². The summed E-state index contributed by atoms with van der Waals surface area (Å²) in [5.41, 5.74) is 9.19. The Morgan fingerprint density at radius 1 is 0.774 bits per heavy atom. The van der Waals surface area contributed by atoms with Crippen molar-refractivity contribution in [1.29, 1.82) is 0 Å². The van der Waals surface area contributed by atoms with E-state index in [-0.39, 0.29) is 0 Å². The molecule has 2 fully saturated rings. The van der Waals surface area contributed by atoms with E-state index in [4.69, 9.17) is 9.97 Å². The van der Waals surface area contributed by atoms with Crippen molar-refractivity contribution in [3.05, 3.63) is 58.2 Å². The highest BCUT2D eigenvalue weighted by atomic mass is 15.1. The number of nitrogens with zero attached hydrogens (tertiary/aromatic N) is 3. The maximum atomic E-state index is 5.13. The van der Waals surface area contributed by atoms with Gasteiger partial charge >= 0.3 is 0 Å². The Kier molecular flexibility index (Phi) is 4.26. The molecule has 0 amide bonds. The zero-order chi connectivity index (χ0) is 21.5. The molecule has 0 saturated heterocycles. The van der Waals surface area contributed by atoms with E-state index in [1.807, 2.05) is 0 Å². The highest BCUT2D eigenvalue weighted by Gasteiger charge is 2.53. The highest BCUT2D eigenvalue weighted by molar-refractivity contribution is 5.38. The van der Waals surface area contributed by atoms with E-state index in [2.05, 4.69) is 63.8 Å². The quantitative estimate of drug-likeness (QED) is 0.611. The van der Waals surface area contributed by atoms with Crippen molar-refractivity contribution in [3.8, 4) is 0 Å². The smallest absolute Gasteiger partial charge is 0.0547 e. The molecule has 0 aromatic carbocycles. The van der Waals surface area contributed by atoms with Gasteiger partial charge in [0.15, 0.2) is 0 Å². The van der Waals surface area contributed by atoms with E-state index in [0.717, 1.165) is 43.3 Å². The first kappa shape index (κ1) is 19.9. The number of pyridine rings is 2. The minimum Gasteiger partial charge on any atom is -0.292 e. The number of hydrogen-bond acceptors (Lipinski definition) is 3. The SMILES string of the molecule is CCN(Cc1ccc2c(n1)C[C@H]1C[C@@H]2C1(C)C)Cc1ccc2c(n1)C[C@H]1C[C@@H]2C1(C)C. The monoisotopic (exact) mass is 415 g/mol. The maximum absolute atomic E-state index is 5.13. The minimum absolute atomic E-state index is 0.472. The first-order chi connectivity index (χ1) is 14.8.